The molecule has 1 amide bonds. The summed E-state index contributed by atoms with van der Waals surface area (Å²) in [6.45, 7) is 7.56. The number of nitrogens with zero attached hydrogens (tertiary/aromatic N) is 2. The predicted octanol–water partition coefficient (Wildman–Crippen LogP) is 3.04. The lowest BCUT2D eigenvalue weighted by molar-refractivity contribution is -0.117. The normalized spacial score (nSPS) is 24.9. The molecule has 0 bridgehead atoms. The number of amides is 1. The van der Waals surface area contributed by atoms with E-state index in [0.717, 1.165) is 25.9 Å². The third-order valence-corrected chi connectivity index (χ3v) is 7.45. The van der Waals surface area contributed by atoms with Crippen LogP contribution in [0.5, 0.6) is 0 Å². The number of piperidine rings is 1. The van der Waals surface area contributed by atoms with Crippen LogP contribution in [0.25, 0.3) is 0 Å². The van der Waals surface area contributed by atoms with Gasteiger partial charge in [0.2, 0.25) is 15.9 Å². The van der Waals surface area contributed by atoms with Crippen LogP contribution in [0.15, 0.2) is 23.1 Å². The molecule has 2 atom stereocenters. The van der Waals surface area contributed by atoms with E-state index in [1.807, 2.05) is 0 Å². The molecule has 0 unspecified atom stereocenters. The summed E-state index contributed by atoms with van der Waals surface area (Å²) in [7, 11) is -3.54. The van der Waals surface area contributed by atoms with Crippen molar-refractivity contribution in [1.29, 1.82) is 0 Å². The average Bonchev–Trinajstić information content (AvgIpc) is 3.11. The van der Waals surface area contributed by atoms with Crippen LogP contribution in [0.2, 0.25) is 5.02 Å². The van der Waals surface area contributed by atoms with E-state index in [9.17, 15) is 13.2 Å². The van der Waals surface area contributed by atoms with Gasteiger partial charge >= 0.3 is 0 Å². The average molecular weight is 414 g/mol. The molecule has 2 heterocycles. The number of halogens is 1. The summed E-state index contributed by atoms with van der Waals surface area (Å²) in [6.07, 6.45) is 2.94. The lowest BCUT2D eigenvalue weighted by Gasteiger charge is -2.34. The van der Waals surface area contributed by atoms with E-state index in [1.165, 1.54) is 28.9 Å². The highest BCUT2D eigenvalue weighted by Crippen LogP contribution is 2.28. The van der Waals surface area contributed by atoms with E-state index in [0.29, 0.717) is 35.6 Å². The number of likely N-dealkylation sites (tertiary alicyclic amines) is 1. The van der Waals surface area contributed by atoms with Crippen molar-refractivity contribution >= 4 is 33.2 Å². The van der Waals surface area contributed by atoms with E-state index in [4.69, 9.17) is 11.6 Å². The maximum absolute atomic E-state index is 12.7. The van der Waals surface area contributed by atoms with Gasteiger partial charge in [0.05, 0.1) is 22.2 Å². The van der Waals surface area contributed by atoms with Crippen molar-refractivity contribution in [3.05, 3.63) is 23.2 Å². The summed E-state index contributed by atoms with van der Waals surface area (Å²) < 4.78 is 27.0. The van der Waals surface area contributed by atoms with Crippen molar-refractivity contribution in [1.82, 2.24) is 9.21 Å². The molecule has 1 aromatic rings. The van der Waals surface area contributed by atoms with Crippen molar-refractivity contribution in [3.63, 3.8) is 0 Å². The highest BCUT2D eigenvalue weighted by molar-refractivity contribution is 7.89. The Hall–Kier alpha value is -1.15. The molecule has 0 aliphatic carbocycles. The molecule has 2 aliphatic rings. The van der Waals surface area contributed by atoms with Gasteiger partial charge in [-0.25, -0.2) is 8.42 Å². The Bertz CT molecular complexity index is 783. The fourth-order valence-electron chi connectivity index (χ4n) is 4.15. The van der Waals surface area contributed by atoms with Gasteiger partial charge in [0.15, 0.2) is 0 Å². The topological polar surface area (TPSA) is 69.7 Å². The quantitative estimate of drug-likeness (QED) is 0.805. The van der Waals surface area contributed by atoms with Crippen molar-refractivity contribution in [2.75, 3.05) is 38.0 Å². The van der Waals surface area contributed by atoms with Gasteiger partial charge in [-0.15, -0.1) is 0 Å². The Balaban J connectivity index is 1.70. The molecule has 2 saturated heterocycles. The van der Waals surface area contributed by atoms with Gasteiger partial charge < -0.3 is 5.32 Å². The molecule has 8 heteroatoms. The third kappa shape index (κ3) is 5.02. The summed E-state index contributed by atoms with van der Waals surface area (Å²) in [4.78, 5) is 14.8. The molecule has 27 heavy (non-hydrogen) atoms. The van der Waals surface area contributed by atoms with Crippen LogP contribution in [-0.2, 0) is 14.8 Å². The molecule has 0 spiro atoms. The van der Waals surface area contributed by atoms with Crippen LogP contribution in [0.3, 0.4) is 0 Å². The van der Waals surface area contributed by atoms with Crippen molar-refractivity contribution < 1.29 is 13.2 Å². The largest absolute Gasteiger partial charge is 0.324 e. The van der Waals surface area contributed by atoms with Gasteiger partial charge in [0, 0.05) is 26.2 Å². The van der Waals surface area contributed by atoms with E-state index in [-0.39, 0.29) is 17.3 Å². The van der Waals surface area contributed by atoms with Crippen molar-refractivity contribution in [2.24, 2.45) is 11.8 Å². The van der Waals surface area contributed by atoms with Crippen LogP contribution < -0.4 is 5.32 Å². The first-order valence-electron chi connectivity index (χ1n) is 9.57. The first-order valence-corrected chi connectivity index (χ1v) is 11.4. The maximum atomic E-state index is 12.7. The Morgan fingerprint density at radius 2 is 1.81 bits per heavy atom. The molecule has 1 N–H and O–H groups in total. The van der Waals surface area contributed by atoms with E-state index >= 15 is 0 Å². The lowest BCUT2D eigenvalue weighted by Crippen LogP contribution is -2.42. The molecule has 2 fully saturated rings. The third-order valence-electron chi connectivity index (χ3n) is 5.23. The van der Waals surface area contributed by atoms with Crippen LogP contribution in [0.4, 0.5) is 5.69 Å². The molecule has 0 radical (unpaired) electrons. The first kappa shape index (κ1) is 20.6. The number of sulfonamides is 1. The number of anilines is 1. The minimum absolute atomic E-state index is 0.171. The maximum Gasteiger partial charge on any atom is 0.243 e. The Morgan fingerprint density at radius 1 is 1.19 bits per heavy atom. The zero-order valence-corrected chi connectivity index (χ0v) is 17.5. The smallest absolute Gasteiger partial charge is 0.243 e. The molecule has 1 aromatic carbocycles. The van der Waals surface area contributed by atoms with Gasteiger partial charge in [-0.2, -0.15) is 4.31 Å². The zero-order valence-electron chi connectivity index (χ0n) is 15.9. The Kier molecular flexibility index (Phi) is 6.46. The van der Waals surface area contributed by atoms with Crippen molar-refractivity contribution in [3.8, 4) is 0 Å². The Labute approximate surface area is 166 Å². The molecule has 150 valence electrons. The number of carbonyl (C=O) groups is 1. The summed E-state index contributed by atoms with van der Waals surface area (Å²) >= 11 is 6.20. The van der Waals surface area contributed by atoms with E-state index < -0.39 is 10.0 Å². The lowest BCUT2D eigenvalue weighted by atomic mass is 9.92. The molecular formula is C19H28ClN3O3S. The van der Waals surface area contributed by atoms with Crippen LogP contribution in [-0.4, -0.2) is 56.3 Å². The predicted molar refractivity (Wildman–Crippen MR) is 107 cm³/mol. The molecule has 2 aliphatic heterocycles. The standard InChI is InChI=1S/C19H28ClN3O3S/c1-14-9-15(2)12-22(11-14)13-19(24)21-18-10-16(5-6-17(18)20)27(25,26)23-7-3-4-8-23/h5-6,10,14-15H,3-4,7-9,11-13H2,1-2H3,(H,21,24)/t14-,15+. The number of rotatable bonds is 5. The monoisotopic (exact) mass is 413 g/mol. The highest BCUT2D eigenvalue weighted by Gasteiger charge is 2.28. The summed E-state index contributed by atoms with van der Waals surface area (Å²) in [5.41, 5.74) is 0.347. The summed E-state index contributed by atoms with van der Waals surface area (Å²) in [5.74, 6) is 0.965. The molecule has 0 saturated carbocycles. The number of nitrogens with one attached hydrogen (secondary N) is 1. The van der Waals surface area contributed by atoms with Gasteiger partial charge in [-0.1, -0.05) is 25.4 Å². The highest BCUT2D eigenvalue weighted by atomic mass is 35.5. The number of benzene rings is 1. The minimum atomic E-state index is -3.54. The SMILES string of the molecule is C[C@@H]1C[C@H](C)CN(CC(=O)Nc2cc(S(=O)(=O)N3CCCC3)ccc2Cl)C1. The molecule has 6 nitrogen and oxygen atoms in total. The van der Waals surface area contributed by atoms with E-state index in [1.54, 1.807) is 0 Å². The van der Waals surface area contributed by atoms with Crippen LogP contribution in [0.1, 0.15) is 33.1 Å². The van der Waals surface area contributed by atoms with Crippen molar-refractivity contribution in [2.45, 2.75) is 38.0 Å². The summed E-state index contributed by atoms with van der Waals surface area (Å²) in [5, 5.41) is 3.13. The fourth-order valence-corrected chi connectivity index (χ4v) is 5.86. The van der Waals surface area contributed by atoms with Gasteiger partial charge in [0.1, 0.15) is 0 Å². The summed E-state index contributed by atoms with van der Waals surface area (Å²) in [6, 6.07) is 4.50. The van der Waals surface area contributed by atoms with Crippen LogP contribution in [0, 0.1) is 11.8 Å². The van der Waals surface area contributed by atoms with Gasteiger partial charge in [-0.05, 0) is 49.3 Å². The number of hydrogen-bond donors (Lipinski definition) is 1. The molecule has 3 rings (SSSR count). The van der Waals surface area contributed by atoms with Crippen LogP contribution >= 0.6 is 11.6 Å². The molecule has 0 aromatic heterocycles. The van der Waals surface area contributed by atoms with E-state index in [2.05, 4.69) is 24.1 Å². The first-order chi connectivity index (χ1) is 12.8. The number of carbonyl (C=O) groups excluding carboxylic acids is 1. The Morgan fingerprint density at radius 3 is 2.44 bits per heavy atom. The fraction of sp³-hybridized carbons (Fsp3) is 0.632. The van der Waals surface area contributed by atoms with Gasteiger partial charge in [-0.3, -0.25) is 9.69 Å². The molecular weight excluding hydrogens is 386 g/mol. The van der Waals surface area contributed by atoms with Gasteiger partial charge in [0.25, 0.3) is 0 Å². The number of hydrogen-bond acceptors (Lipinski definition) is 4. The minimum Gasteiger partial charge on any atom is -0.324 e. The second kappa shape index (κ2) is 8.47. The second-order valence-corrected chi connectivity index (χ2v) is 10.3. The second-order valence-electron chi connectivity index (χ2n) is 7.94. The zero-order chi connectivity index (χ0) is 19.6.